The van der Waals surface area contributed by atoms with Crippen molar-refractivity contribution in [1.82, 2.24) is 19.3 Å². The van der Waals surface area contributed by atoms with Crippen molar-refractivity contribution < 1.29 is 0 Å². The predicted octanol–water partition coefficient (Wildman–Crippen LogP) is 4.38. The summed E-state index contributed by atoms with van der Waals surface area (Å²) < 4.78 is 4.35. The number of imidazole rings is 1. The molecular formula is C16H25ClN4. The van der Waals surface area contributed by atoms with Gasteiger partial charge < -0.3 is 4.57 Å². The number of aromatic nitrogens is 4. The van der Waals surface area contributed by atoms with Crippen LogP contribution in [0.2, 0.25) is 0 Å². The Balaban J connectivity index is 2.19. The molecule has 0 spiro atoms. The molecule has 0 aliphatic heterocycles. The van der Waals surface area contributed by atoms with Crippen LogP contribution in [-0.4, -0.2) is 19.3 Å². The fraction of sp³-hybridized carbons (Fsp3) is 0.750. The zero-order valence-electron chi connectivity index (χ0n) is 13.6. The number of aryl methyl sites for hydroxylation is 2. The molecule has 3 rings (SSSR count). The minimum Gasteiger partial charge on any atom is -0.309 e. The van der Waals surface area contributed by atoms with Crippen LogP contribution in [0.1, 0.15) is 69.9 Å². The standard InChI is InChI=1S/C16H25ClN4/c1-6-12-13-15(20(5)19-12)21(14(18-13)10(2)17)11-7-8-16(3,4)9-11/h10-11H,6-9H2,1-5H3. The summed E-state index contributed by atoms with van der Waals surface area (Å²) >= 11 is 6.42. The molecule has 2 aromatic heterocycles. The lowest BCUT2D eigenvalue weighted by Crippen LogP contribution is -2.14. The first kappa shape index (κ1) is 14.9. The van der Waals surface area contributed by atoms with Crippen molar-refractivity contribution in [2.75, 3.05) is 0 Å². The van der Waals surface area contributed by atoms with Gasteiger partial charge in [0.05, 0.1) is 11.1 Å². The van der Waals surface area contributed by atoms with Crippen LogP contribution >= 0.6 is 11.6 Å². The van der Waals surface area contributed by atoms with Gasteiger partial charge in [0.1, 0.15) is 11.3 Å². The molecule has 0 bridgehead atoms. The molecule has 0 amide bonds. The number of fused-ring (bicyclic) bond motifs is 1. The Morgan fingerprint density at radius 3 is 2.67 bits per heavy atom. The maximum absolute atomic E-state index is 6.42. The molecule has 2 aromatic rings. The van der Waals surface area contributed by atoms with Gasteiger partial charge in [0.25, 0.3) is 0 Å². The highest BCUT2D eigenvalue weighted by Crippen LogP contribution is 2.46. The lowest BCUT2D eigenvalue weighted by atomic mass is 9.92. The van der Waals surface area contributed by atoms with E-state index in [2.05, 4.69) is 30.4 Å². The number of halogens is 1. The van der Waals surface area contributed by atoms with Crippen molar-refractivity contribution in [3.8, 4) is 0 Å². The maximum Gasteiger partial charge on any atom is 0.158 e. The monoisotopic (exact) mass is 308 g/mol. The summed E-state index contributed by atoms with van der Waals surface area (Å²) in [6.45, 7) is 8.85. The quantitative estimate of drug-likeness (QED) is 0.789. The molecule has 0 N–H and O–H groups in total. The smallest absolute Gasteiger partial charge is 0.158 e. The summed E-state index contributed by atoms with van der Waals surface area (Å²) in [4.78, 5) is 4.84. The summed E-state index contributed by atoms with van der Waals surface area (Å²) in [7, 11) is 2.02. The molecule has 2 atom stereocenters. The number of hydrogen-bond acceptors (Lipinski definition) is 2. The van der Waals surface area contributed by atoms with E-state index in [-0.39, 0.29) is 5.38 Å². The van der Waals surface area contributed by atoms with Gasteiger partial charge in [-0.05, 0) is 38.0 Å². The van der Waals surface area contributed by atoms with Crippen LogP contribution in [0.3, 0.4) is 0 Å². The zero-order valence-corrected chi connectivity index (χ0v) is 14.4. The van der Waals surface area contributed by atoms with Crippen molar-refractivity contribution >= 4 is 22.8 Å². The van der Waals surface area contributed by atoms with Crippen molar-refractivity contribution in [2.45, 2.75) is 64.8 Å². The van der Waals surface area contributed by atoms with Gasteiger partial charge in [-0.3, -0.25) is 4.68 Å². The predicted molar refractivity (Wildman–Crippen MR) is 86.8 cm³/mol. The Hall–Kier alpha value is -1.03. The van der Waals surface area contributed by atoms with Gasteiger partial charge in [0.2, 0.25) is 0 Å². The third-order valence-corrected chi connectivity index (χ3v) is 4.96. The van der Waals surface area contributed by atoms with Gasteiger partial charge in [-0.2, -0.15) is 5.10 Å². The SMILES string of the molecule is CCc1nn(C)c2c1nc(C(C)Cl)n2C1CCC(C)(C)C1. The molecule has 1 saturated carbocycles. The molecule has 5 heteroatoms. The van der Waals surface area contributed by atoms with Crippen LogP contribution in [0.5, 0.6) is 0 Å². The van der Waals surface area contributed by atoms with Crippen LogP contribution < -0.4 is 0 Å². The summed E-state index contributed by atoms with van der Waals surface area (Å²) in [5.74, 6) is 0.997. The summed E-state index contributed by atoms with van der Waals surface area (Å²) in [6, 6.07) is 0.487. The lowest BCUT2D eigenvalue weighted by Gasteiger charge is -2.20. The first-order valence-corrected chi connectivity index (χ1v) is 8.35. The van der Waals surface area contributed by atoms with Gasteiger partial charge in [-0.25, -0.2) is 4.98 Å². The van der Waals surface area contributed by atoms with Crippen molar-refractivity contribution in [3.63, 3.8) is 0 Å². The Morgan fingerprint density at radius 2 is 2.14 bits per heavy atom. The highest BCUT2D eigenvalue weighted by molar-refractivity contribution is 6.20. The molecule has 116 valence electrons. The van der Waals surface area contributed by atoms with E-state index in [0.29, 0.717) is 11.5 Å². The second-order valence-electron chi connectivity index (χ2n) is 7.11. The van der Waals surface area contributed by atoms with E-state index in [1.165, 1.54) is 19.3 Å². The first-order chi connectivity index (χ1) is 9.84. The van der Waals surface area contributed by atoms with Gasteiger partial charge in [0, 0.05) is 13.1 Å². The molecule has 0 saturated heterocycles. The van der Waals surface area contributed by atoms with E-state index < -0.39 is 0 Å². The van der Waals surface area contributed by atoms with Crippen LogP contribution in [0.15, 0.2) is 0 Å². The van der Waals surface area contributed by atoms with Crippen molar-refractivity contribution in [1.29, 1.82) is 0 Å². The lowest BCUT2D eigenvalue weighted by molar-refractivity contribution is 0.357. The largest absolute Gasteiger partial charge is 0.309 e. The van der Waals surface area contributed by atoms with Gasteiger partial charge >= 0.3 is 0 Å². The minimum absolute atomic E-state index is 0.0779. The normalized spacial score (nSPS) is 23.0. The fourth-order valence-electron chi connectivity index (χ4n) is 3.72. The Labute approximate surface area is 131 Å². The average Bonchev–Trinajstić information content (AvgIpc) is 3.03. The van der Waals surface area contributed by atoms with E-state index in [1.807, 2.05) is 18.7 Å². The molecule has 1 fully saturated rings. The highest BCUT2D eigenvalue weighted by atomic mass is 35.5. The molecule has 0 radical (unpaired) electrons. The third-order valence-electron chi connectivity index (χ3n) is 4.76. The van der Waals surface area contributed by atoms with Gasteiger partial charge in [-0.1, -0.05) is 20.8 Å². The second kappa shape index (κ2) is 5.01. The van der Waals surface area contributed by atoms with Gasteiger partial charge in [-0.15, -0.1) is 11.6 Å². The Morgan fingerprint density at radius 1 is 1.43 bits per heavy atom. The molecule has 21 heavy (non-hydrogen) atoms. The molecule has 0 aromatic carbocycles. The van der Waals surface area contributed by atoms with E-state index in [9.17, 15) is 0 Å². The van der Waals surface area contributed by atoms with Crippen LogP contribution in [0.25, 0.3) is 11.2 Å². The number of nitrogens with zero attached hydrogens (tertiary/aromatic N) is 4. The Kier molecular flexibility index (Phi) is 3.55. The zero-order chi connectivity index (χ0) is 15.4. The maximum atomic E-state index is 6.42. The van der Waals surface area contributed by atoms with Crippen molar-refractivity contribution in [2.24, 2.45) is 12.5 Å². The van der Waals surface area contributed by atoms with Crippen LogP contribution in [-0.2, 0) is 13.5 Å². The summed E-state index contributed by atoms with van der Waals surface area (Å²) in [5.41, 5.74) is 3.65. The topological polar surface area (TPSA) is 35.6 Å². The van der Waals surface area contributed by atoms with E-state index in [4.69, 9.17) is 16.6 Å². The van der Waals surface area contributed by atoms with Crippen molar-refractivity contribution in [3.05, 3.63) is 11.5 Å². The highest BCUT2D eigenvalue weighted by Gasteiger charge is 2.35. The molecule has 2 unspecified atom stereocenters. The number of alkyl halides is 1. The number of hydrogen-bond donors (Lipinski definition) is 0. The Bertz CT molecular complexity index is 665. The molecule has 4 nitrogen and oxygen atoms in total. The minimum atomic E-state index is -0.0779. The summed E-state index contributed by atoms with van der Waals surface area (Å²) in [5, 5.41) is 4.55. The molecular weight excluding hydrogens is 284 g/mol. The molecule has 1 aliphatic carbocycles. The molecule has 2 heterocycles. The van der Waals surface area contributed by atoms with Crippen LogP contribution in [0, 0.1) is 5.41 Å². The first-order valence-electron chi connectivity index (χ1n) is 7.92. The van der Waals surface area contributed by atoms with E-state index >= 15 is 0 Å². The van der Waals surface area contributed by atoms with Gasteiger partial charge in [0.15, 0.2) is 5.65 Å². The van der Waals surface area contributed by atoms with Crippen LogP contribution in [0.4, 0.5) is 0 Å². The average molecular weight is 309 g/mol. The number of rotatable bonds is 3. The van der Waals surface area contributed by atoms with E-state index in [0.717, 1.165) is 29.1 Å². The third kappa shape index (κ3) is 2.37. The molecule has 1 aliphatic rings. The fourth-order valence-corrected chi connectivity index (χ4v) is 3.87. The second-order valence-corrected chi connectivity index (χ2v) is 7.77. The van der Waals surface area contributed by atoms with E-state index in [1.54, 1.807) is 0 Å². The summed E-state index contributed by atoms with van der Waals surface area (Å²) in [6.07, 6.45) is 4.54.